The van der Waals surface area contributed by atoms with Gasteiger partial charge in [-0.2, -0.15) is 0 Å². The van der Waals surface area contributed by atoms with Crippen molar-refractivity contribution >= 4 is 11.9 Å². The number of carboxylic acid groups (broad SMARTS) is 1. The maximum atomic E-state index is 12.6. The lowest BCUT2D eigenvalue weighted by atomic mass is 9.66. The summed E-state index contributed by atoms with van der Waals surface area (Å²) >= 11 is 0. The molecule has 1 rings (SSSR count). The number of carbonyl (C=O) groups excluding carboxylic acids is 1. The summed E-state index contributed by atoms with van der Waals surface area (Å²) in [4.78, 5) is 24.0. The lowest BCUT2D eigenvalue weighted by Crippen LogP contribution is -2.52. The number of aliphatic hydroxyl groups is 1. The predicted octanol–water partition coefficient (Wildman–Crippen LogP) is 2.61. The highest BCUT2D eigenvalue weighted by Crippen LogP contribution is 2.44. The van der Waals surface area contributed by atoms with E-state index >= 15 is 0 Å². The molecule has 0 aromatic heterocycles. The number of aliphatic carboxylic acids is 1. The highest BCUT2D eigenvalue weighted by atomic mass is 16.5. The van der Waals surface area contributed by atoms with E-state index in [9.17, 15) is 19.8 Å². The molecule has 1 fully saturated rings. The summed E-state index contributed by atoms with van der Waals surface area (Å²) in [7, 11) is 0. The molecule has 0 aliphatic heterocycles. The van der Waals surface area contributed by atoms with Gasteiger partial charge in [-0.3, -0.25) is 4.79 Å². The minimum atomic E-state index is -1.73. The standard InChI is InChI=1S/C16H28O5/c1-10(2)16(13(17)14(18)19,15(20)21-11(3)4)9-12-7-5-6-8-12/h10-13,17H,5-9H2,1-4H3,(H,18,19)/t13-,16-/m1/s1. The molecule has 2 N–H and O–H groups in total. The normalized spacial score (nSPS) is 20.5. The molecule has 1 aliphatic carbocycles. The van der Waals surface area contributed by atoms with Crippen LogP contribution in [0.25, 0.3) is 0 Å². The Kier molecular flexibility index (Phi) is 6.20. The third-order valence-electron chi connectivity index (χ3n) is 4.58. The Labute approximate surface area is 126 Å². The second-order valence-electron chi connectivity index (χ2n) is 6.74. The van der Waals surface area contributed by atoms with Crippen molar-refractivity contribution in [2.24, 2.45) is 17.3 Å². The first-order valence-electron chi connectivity index (χ1n) is 7.83. The van der Waals surface area contributed by atoms with Crippen LogP contribution in [0.5, 0.6) is 0 Å². The molecule has 122 valence electrons. The monoisotopic (exact) mass is 300 g/mol. The Morgan fingerprint density at radius 2 is 1.71 bits per heavy atom. The van der Waals surface area contributed by atoms with E-state index in [0.717, 1.165) is 25.7 Å². The number of esters is 1. The van der Waals surface area contributed by atoms with Crippen molar-refractivity contribution in [2.75, 3.05) is 0 Å². The molecule has 0 aromatic carbocycles. The second-order valence-corrected chi connectivity index (χ2v) is 6.74. The van der Waals surface area contributed by atoms with Crippen molar-refractivity contribution in [3.8, 4) is 0 Å². The Hall–Kier alpha value is -1.10. The Morgan fingerprint density at radius 3 is 2.10 bits per heavy atom. The van der Waals surface area contributed by atoms with Crippen LogP contribution in [0.1, 0.15) is 59.8 Å². The average molecular weight is 300 g/mol. The van der Waals surface area contributed by atoms with Gasteiger partial charge in [-0.05, 0) is 32.1 Å². The highest BCUT2D eigenvalue weighted by molar-refractivity contribution is 5.86. The predicted molar refractivity (Wildman–Crippen MR) is 78.7 cm³/mol. The van der Waals surface area contributed by atoms with Crippen molar-refractivity contribution in [1.82, 2.24) is 0 Å². The largest absolute Gasteiger partial charge is 0.479 e. The van der Waals surface area contributed by atoms with E-state index in [1.54, 1.807) is 27.7 Å². The fourth-order valence-corrected chi connectivity index (χ4v) is 3.33. The van der Waals surface area contributed by atoms with Crippen molar-refractivity contribution in [3.05, 3.63) is 0 Å². The highest BCUT2D eigenvalue weighted by Gasteiger charge is 2.53. The minimum absolute atomic E-state index is 0.279. The summed E-state index contributed by atoms with van der Waals surface area (Å²) in [5, 5.41) is 19.5. The third kappa shape index (κ3) is 3.96. The molecule has 2 atom stereocenters. The van der Waals surface area contributed by atoms with Gasteiger partial charge >= 0.3 is 11.9 Å². The maximum absolute atomic E-state index is 12.6. The zero-order chi connectivity index (χ0) is 16.2. The van der Waals surface area contributed by atoms with Gasteiger partial charge in [-0.25, -0.2) is 4.79 Å². The summed E-state index contributed by atoms with van der Waals surface area (Å²) in [6.07, 6.45) is 2.47. The topological polar surface area (TPSA) is 83.8 Å². The van der Waals surface area contributed by atoms with E-state index < -0.39 is 23.5 Å². The van der Waals surface area contributed by atoms with Crippen molar-refractivity contribution in [1.29, 1.82) is 0 Å². The smallest absolute Gasteiger partial charge is 0.333 e. The van der Waals surface area contributed by atoms with E-state index in [-0.39, 0.29) is 17.9 Å². The van der Waals surface area contributed by atoms with E-state index in [1.807, 2.05) is 0 Å². The van der Waals surface area contributed by atoms with Crippen molar-refractivity contribution in [3.63, 3.8) is 0 Å². The molecular weight excluding hydrogens is 272 g/mol. The molecule has 5 nitrogen and oxygen atoms in total. The SMILES string of the molecule is CC(C)OC(=O)[C@](CC1CCCC1)(C(C)C)[C@H](O)C(=O)O. The van der Waals surface area contributed by atoms with Gasteiger partial charge < -0.3 is 14.9 Å². The first kappa shape index (κ1) is 18.0. The third-order valence-corrected chi connectivity index (χ3v) is 4.58. The van der Waals surface area contributed by atoms with Gasteiger partial charge in [0.2, 0.25) is 0 Å². The van der Waals surface area contributed by atoms with E-state index in [2.05, 4.69) is 0 Å². The van der Waals surface area contributed by atoms with Crippen LogP contribution in [-0.2, 0) is 14.3 Å². The number of hydrogen-bond donors (Lipinski definition) is 2. The van der Waals surface area contributed by atoms with Gasteiger partial charge in [-0.15, -0.1) is 0 Å². The van der Waals surface area contributed by atoms with Gasteiger partial charge in [0.05, 0.1) is 6.10 Å². The van der Waals surface area contributed by atoms with E-state index in [1.165, 1.54) is 0 Å². The average Bonchev–Trinajstić information content (AvgIpc) is 2.86. The van der Waals surface area contributed by atoms with Crippen LogP contribution in [-0.4, -0.2) is 34.4 Å². The quantitative estimate of drug-likeness (QED) is 0.706. The van der Waals surface area contributed by atoms with Crippen LogP contribution in [0.3, 0.4) is 0 Å². The van der Waals surface area contributed by atoms with E-state index in [0.29, 0.717) is 6.42 Å². The molecule has 0 saturated heterocycles. The molecule has 0 radical (unpaired) electrons. The zero-order valence-electron chi connectivity index (χ0n) is 13.5. The van der Waals surface area contributed by atoms with Gasteiger partial charge in [-0.1, -0.05) is 39.5 Å². The molecule has 1 aliphatic rings. The fraction of sp³-hybridized carbons (Fsp3) is 0.875. The molecule has 5 heteroatoms. The van der Waals surface area contributed by atoms with Gasteiger partial charge in [0, 0.05) is 0 Å². The Morgan fingerprint density at radius 1 is 1.19 bits per heavy atom. The molecule has 0 aromatic rings. The van der Waals surface area contributed by atoms with E-state index in [4.69, 9.17) is 4.74 Å². The molecule has 21 heavy (non-hydrogen) atoms. The lowest BCUT2D eigenvalue weighted by molar-refractivity contribution is -0.184. The molecule has 1 saturated carbocycles. The zero-order valence-corrected chi connectivity index (χ0v) is 13.5. The molecule has 0 unspecified atom stereocenters. The maximum Gasteiger partial charge on any atom is 0.333 e. The summed E-state index contributed by atoms with van der Waals surface area (Å²) in [6.45, 7) is 7.02. The first-order chi connectivity index (χ1) is 9.71. The Balaban J connectivity index is 3.13. The number of rotatable bonds is 7. The first-order valence-corrected chi connectivity index (χ1v) is 7.83. The summed E-state index contributed by atoms with van der Waals surface area (Å²) in [5.41, 5.74) is -1.37. The number of ether oxygens (including phenoxy) is 1. The minimum Gasteiger partial charge on any atom is -0.479 e. The molecular formula is C16H28O5. The molecule has 0 heterocycles. The van der Waals surface area contributed by atoms with Crippen LogP contribution >= 0.6 is 0 Å². The van der Waals surface area contributed by atoms with Crippen LogP contribution in [0, 0.1) is 17.3 Å². The summed E-state index contributed by atoms with van der Waals surface area (Å²) in [6, 6.07) is 0. The number of hydrogen-bond acceptors (Lipinski definition) is 4. The van der Waals surface area contributed by atoms with Crippen LogP contribution in [0.2, 0.25) is 0 Å². The second kappa shape index (κ2) is 7.25. The number of carbonyl (C=O) groups is 2. The van der Waals surface area contributed by atoms with Gasteiger partial charge in [0.25, 0.3) is 0 Å². The van der Waals surface area contributed by atoms with Crippen LogP contribution in [0.15, 0.2) is 0 Å². The van der Waals surface area contributed by atoms with Crippen LogP contribution < -0.4 is 0 Å². The Bertz CT molecular complexity index is 371. The van der Waals surface area contributed by atoms with Crippen molar-refractivity contribution < 1.29 is 24.5 Å². The fourth-order valence-electron chi connectivity index (χ4n) is 3.33. The lowest BCUT2D eigenvalue weighted by Gasteiger charge is -2.39. The summed E-state index contributed by atoms with van der Waals surface area (Å²) < 4.78 is 5.30. The molecule has 0 spiro atoms. The molecule has 0 amide bonds. The summed E-state index contributed by atoms with van der Waals surface area (Å²) in [5.74, 6) is -1.98. The van der Waals surface area contributed by atoms with Gasteiger partial charge in [0.15, 0.2) is 6.10 Å². The van der Waals surface area contributed by atoms with Crippen molar-refractivity contribution in [2.45, 2.75) is 72.0 Å². The molecule has 0 bridgehead atoms. The number of aliphatic hydroxyl groups excluding tert-OH is 1. The number of carboxylic acids is 1. The van der Waals surface area contributed by atoms with Gasteiger partial charge in [0.1, 0.15) is 5.41 Å². The van der Waals surface area contributed by atoms with Crippen LogP contribution in [0.4, 0.5) is 0 Å².